The summed E-state index contributed by atoms with van der Waals surface area (Å²) in [6.45, 7) is 4.90. The predicted octanol–water partition coefficient (Wildman–Crippen LogP) is 3.08. The van der Waals surface area contributed by atoms with E-state index in [4.69, 9.17) is 9.47 Å². The Morgan fingerprint density at radius 1 is 1.11 bits per heavy atom. The minimum Gasteiger partial charge on any atom is -0.491 e. The monoisotopic (exact) mass is 494 g/mol. The first-order chi connectivity index (χ1) is 17.3. The molecule has 2 heterocycles. The van der Waals surface area contributed by atoms with E-state index in [-0.39, 0.29) is 48.3 Å². The van der Waals surface area contributed by atoms with Crippen molar-refractivity contribution in [1.29, 1.82) is 0 Å². The molecule has 4 rings (SSSR count). The van der Waals surface area contributed by atoms with E-state index in [1.807, 2.05) is 13.8 Å². The smallest absolute Gasteiger partial charge is 0.257 e. The first kappa shape index (κ1) is 25.6. The van der Waals surface area contributed by atoms with Crippen LogP contribution >= 0.6 is 0 Å². The molecule has 1 N–H and O–H groups in total. The molecule has 9 nitrogen and oxygen atoms in total. The molecule has 3 amide bonds. The van der Waals surface area contributed by atoms with Gasteiger partial charge in [-0.15, -0.1) is 0 Å². The average molecular weight is 495 g/mol. The van der Waals surface area contributed by atoms with Crippen LogP contribution in [-0.2, 0) is 9.53 Å². The predicted molar refractivity (Wildman–Crippen MR) is 135 cm³/mol. The second-order valence-corrected chi connectivity index (χ2v) is 9.77. The molecule has 36 heavy (non-hydrogen) atoms. The van der Waals surface area contributed by atoms with Gasteiger partial charge in [0, 0.05) is 62.7 Å². The highest BCUT2D eigenvalue weighted by Crippen LogP contribution is 2.31. The quantitative estimate of drug-likeness (QED) is 0.701. The number of carbonyl (C=O) groups excluding carboxylic acids is 3. The van der Waals surface area contributed by atoms with Crippen LogP contribution in [0, 0.1) is 11.8 Å². The first-order valence-corrected chi connectivity index (χ1v) is 12.4. The summed E-state index contributed by atoms with van der Waals surface area (Å²) >= 11 is 0. The lowest BCUT2D eigenvalue weighted by atomic mass is 10.0. The van der Waals surface area contributed by atoms with Crippen molar-refractivity contribution in [2.75, 3.05) is 39.2 Å². The zero-order valence-corrected chi connectivity index (χ0v) is 21.3. The number of hydrogen-bond acceptors (Lipinski definition) is 6. The summed E-state index contributed by atoms with van der Waals surface area (Å²) in [5.41, 5.74) is 1.46. The maximum absolute atomic E-state index is 13.5. The van der Waals surface area contributed by atoms with E-state index in [9.17, 15) is 14.4 Å². The third kappa shape index (κ3) is 5.84. The molecule has 192 valence electrons. The third-order valence-corrected chi connectivity index (χ3v) is 6.85. The van der Waals surface area contributed by atoms with E-state index in [0.717, 1.165) is 12.8 Å². The highest BCUT2D eigenvalue weighted by Gasteiger charge is 2.32. The second kappa shape index (κ2) is 11.1. The van der Waals surface area contributed by atoms with E-state index in [1.54, 1.807) is 66.7 Å². The Morgan fingerprint density at radius 2 is 1.83 bits per heavy atom. The van der Waals surface area contributed by atoms with Crippen LogP contribution in [0.1, 0.15) is 47.4 Å². The topological polar surface area (TPSA) is 101 Å². The molecular formula is C27H34N4O5. The number of ether oxygens (including phenoxy) is 2. The molecule has 1 aliphatic carbocycles. The number of aromatic nitrogens is 1. The number of anilines is 1. The van der Waals surface area contributed by atoms with Crippen LogP contribution in [-0.4, -0.2) is 78.5 Å². The maximum Gasteiger partial charge on any atom is 0.257 e. The van der Waals surface area contributed by atoms with Gasteiger partial charge in [-0.2, -0.15) is 0 Å². The van der Waals surface area contributed by atoms with Gasteiger partial charge in [0.05, 0.1) is 17.7 Å². The van der Waals surface area contributed by atoms with Gasteiger partial charge in [-0.3, -0.25) is 19.4 Å². The number of methoxy groups -OCH3 is 1. The van der Waals surface area contributed by atoms with Crippen molar-refractivity contribution in [3.8, 4) is 5.75 Å². The number of amides is 3. The molecule has 9 heteroatoms. The summed E-state index contributed by atoms with van der Waals surface area (Å²) < 4.78 is 11.9. The molecule has 3 atom stereocenters. The number of pyridine rings is 1. The number of fused-ring (bicyclic) bond motifs is 1. The summed E-state index contributed by atoms with van der Waals surface area (Å²) in [6.07, 6.45) is 4.70. The highest BCUT2D eigenvalue weighted by atomic mass is 16.5. The van der Waals surface area contributed by atoms with Crippen molar-refractivity contribution in [3.05, 3.63) is 53.9 Å². The zero-order chi connectivity index (χ0) is 25.8. The van der Waals surface area contributed by atoms with Crippen molar-refractivity contribution in [3.63, 3.8) is 0 Å². The second-order valence-electron chi connectivity index (χ2n) is 9.77. The molecule has 1 fully saturated rings. The molecular weight excluding hydrogens is 460 g/mol. The molecule has 1 aromatic heterocycles. The molecule has 1 aromatic carbocycles. The number of benzene rings is 1. The lowest BCUT2D eigenvalue weighted by Crippen LogP contribution is -2.48. The maximum atomic E-state index is 13.5. The Kier molecular flexibility index (Phi) is 7.88. The molecule has 0 saturated heterocycles. The largest absolute Gasteiger partial charge is 0.491 e. The SMILES string of the molecule is CO[C@H]1CN(C)C(=O)c2cc(NC(=O)C3CC3)ccc2OC[C@H](C)N(C(=O)c2ccncc2)C[C@@H]1C. The van der Waals surface area contributed by atoms with Gasteiger partial charge < -0.3 is 24.6 Å². The van der Waals surface area contributed by atoms with E-state index < -0.39 is 0 Å². The minimum absolute atomic E-state index is 0.0306. The molecule has 0 radical (unpaired) electrons. The Bertz CT molecular complexity index is 1100. The van der Waals surface area contributed by atoms with E-state index in [1.165, 1.54) is 0 Å². The minimum atomic E-state index is -0.291. The fourth-order valence-corrected chi connectivity index (χ4v) is 4.39. The third-order valence-electron chi connectivity index (χ3n) is 6.85. The van der Waals surface area contributed by atoms with Crippen LogP contribution in [0.2, 0.25) is 0 Å². The Hall–Kier alpha value is -3.46. The average Bonchev–Trinajstić information content (AvgIpc) is 3.74. The summed E-state index contributed by atoms with van der Waals surface area (Å²) in [4.78, 5) is 46.6. The van der Waals surface area contributed by atoms with Crippen LogP contribution in [0.25, 0.3) is 0 Å². The summed E-state index contributed by atoms with van der Waals surface area (Å²) in [7, 11) is 3.33. The van der Waals surface area contributed by atoms with Crippen LogP contribution in [0.5, 0.6) is 5.75 Å². The summed E-state index contributed by atoms with van der Waals surface area (Å²) in [6, 6.07) is 8.22. The van der Waals surface area contributed by atoms with Crippen molar-refractivity contribution in [2.24, 2.45) is 11.8 Å². The first-order valence-electron chi connectivity index (χ1n) is 12.4. The van der Waals surface area contributed by atoms with Gasteiger partial charge in [-0.1, -0.05) is 6.92 Å². The van der Waals surface area contributed by atoms with E-state index in [0.29, 0.717) is 35.7 Å². The van der Waals surface area contributed by atoms with Crippen molar-refractivity contribution >= 4 is 23.4 Å². The number of nitrogens with zero attached hydrogens (tertiary/aromatic N) is 3. The normalized spacial score (nSPS) is 23.1. The lowest BCUT2D eigenvalue weighted by Gasteiger charge is -2.36. The number of nitrogens with one attached hydrogen (secondary N) is 1. The van der Waals surface area contributed by atoms with Crippen LogP contribution in [0.4, 0.5) is 5.69 Å². The standard InChI is InChI=1S/C27H34N4O5/c1-17-14-31(26(33)20-9-11-28-12-10-20)18(2)16-36-23-8-7-21(29-25(32)19-5-6-19)13-22(23)27(34)30(3)15-24(17)35-4/h7-13,17-19,24H,5-6,14-16H2,1-4H3,(H,29,32)/t17-,18-,24-/m0/s1. The molecule has 1 aliphatic heterocycles. The molecule has 2 aromatic rings. The van der Waals surface area contributed by atoms with Crippen molar-refractivity contribution in [1.82, 2.24) is 14.8 Å². The van der Waals surface area contributed by atoms with E-state index in [2.05, 4.69) is 10.3 Å². The number of carbonyl (C=O) groups is 3. The molecule has 2 aliphatic rings. The Labute approximate surface area is 211 Å². The summed E-state index contributed by atoms with van der Waals surface area (Å²) in [5.74, 6) is 0.0321. The van der Waals surface area contributed by atoms with Gasteiger partial charge in [-0.05, 0) is 50.1 Å². The Balaban J connectivity index is 1.65. The molecule has 0 unspecified atom stereocenters. The van der Waals surface area contributed by atoms with E-state index >= 15 is 0 Å². The van der Waals surface area contributed by atoms with Crippen molar-refractivity contribution in [2.45, 2.75) is 38.8 Å². The fourth-order valence-electron chi connectivity index (χ4n) is 4.39. The van der Waals surface area contributed by atoms with Gasteiger partial charge in [0.25, 0.3) is 11.8 Å². The zero-order valence-electron chi connectivity index (χ0n) is 21.3. The van der Waals surface area contributed by atoms with Gasteiger partial charge >= 0.3 is 0 Å². The van der Waals surface area contributed by atoms with Crippen LogP contribution in [0.3, 0.4) is 0 Å². The van der Waals surface area contributed by atoms with Crippen molar-refractivity contribution < 1.29 is 23.9 Å². The van der Waals surface area contributed by atoms with Crippen LogP contribution in [0.15, 0.2) is 42.7 Å². The van der Waals surface area contributed by atoms with Gasteiger partial charge in [0.1, 0.15) is 12.4 Å². The number of likely N-dealkylation sites (N-methyl/N-ethyl adjacent to an activating group) is 1. The molecule has 0 spiro atoms. The van der Waals surface area contributed by atoms with Crippen LogP contribution < -0.4 is 10.1 Å². The fraction of sp³-hybridized carbons (Fsp3) is 0.481. The van der Waals surface area contributed by atoms with Gasteiger partial charge in [0.2, 0.25) is 5.91 Å². The Morgan fingerprint density at radius 3 is 2.50 bits per heavy atom. The number of rotatable bonds is 4. The van der Waals surface area contributed by atoms with Gasteiger partial charge in [0.15, 0.2) is 0 Å². The number of hydrogen-bond donors (Lipinski definition) is 1. The highest BCUT2D eigenvalue weighted by molar-refractivity contribution is 6.00. The molecule has 0 bridgehead atoms. The molecule has 1 saturated carbocycles. The van der Waals surface area contributed by atoms with Gasteiger partial charge in [-0.25, -0.2) is 0 Å². The lowest BCUT2D eigenvalue weighted by molar-refractivity contribution is -0.117. The summed E-state index contributed by atoms with van der Waals surface area (Å²) in [5, 5.41) is 2.90.